The van der Waals surface area contributed by atoms with Crippen molar-refractivity contribution in [3.8, 4) is 0 Å². The second-order valence-electron chi connectivity index (χ2n) is 10.7. The van der Waals surface area contributed by atoms with Crippen LogP contribution in [0.4, 0.5) is 0 Å². The Bertz CT molecular complexity index is 786. The molecule has 0 atom stereocenters. The summed E-state index contributed by atoms with van der Waals surface area (Å²) in [6, 6.07) is 15.7. The quantitative estimate of drug-likeness (QED) is 0.454. The summed E-state index contributed by atoms with van der Waals surface area (Å²) in [7, 11) is 0. The Morgan fingerprint density at radius 2 is 1.17 bits per heavy atom. The topological polar surface area (TPSA) is 0 Å². The molecular weight excluding hydrogens is 360 g/mol. The van der Waals surface area contributed by atoms with Gasteiger partial charge >= 0.3 is 0 Å². The lowest BCUT2D eigenvalue weighted by Gasteiger charge is -2.33. The first-order chi connectivity index (χ1) is 14.6. The van der Waals surface area contributed by atoms with Crippen LogP contribution in [-0.4, -0.2) is 0 Å². The van der Waals surface area contributed by atoms with Gasteiger partial charge in [0.25, 0.3) is 0 Å². The second-order valence-corrected chi connectivity index (χ2v) is 10.7. The molecule has 0 bridgehead atoms. The first kappa shape index (κ1) is 21.7. The highest BCUT2D eigenvalue weighted by Gasteiger charge is 2.26. The summed E-state index contributed by atoms with van der Waals surface area (Å²) in [6.07, 6.45) is 15.8. The zero-order chi connectivity index (χ0) is 20.9. The summed E-state index contributed by atoms with van der Waals surface area (Å²) in [5, 5.41) is 0. The van der Waals surface area contributed by atoms with Gasteiger partial charge in [-0.2, -0.15) is 0 Å². The van der Waals surface area contributed by atoms with Crippen molar-refractivity contribution < 1.29 is 0 Å². The van der Waals surface area contributed by atoms with Gasteiger partial charge in [0.2, 0.25) is 0 Å². The minimum Gasteiger partial charge on any atom is -0.0625 e. The average Bonchev–Trinajstić information content (AvgIpc) is 2.77. The molecule has 2 saturated carbocycles. The van der Waals surface area contributed by atoms with Gasteiger partial charge < -0.3 is 0 Å². The summed E-state index contributed by atoms with van der Waals surface area (Å²) >= 11 is 0. The molecule has 2 aliphatic rings. The smallest absolute Gasteiger partial charge is 0.00230 e. The predicted molar refractivity (Wildman–Crippen MR) is 130 cm³/mol. The fourth-order valence-corrected chi connectivity index (χ4v) is 6.18. The van der Waals surface area contributed by atoms with Gasteiger partial charge in [0, 0.05) is 0 Å². The van der Waals surface area contributed by atoms with Crippen LogP contribution in [0.1, 0.15) is 92.5 Å². The van der Waals surface area contributed by atoms with Crippen molar-refractivity contribution in [3.63, 3.8) is 0 Å². The van der Waals surface area contributed by atoms with Crippen LogP contribution in [0.25, 0.3) is 0 Å². The van der Waals surface area contributed by atoms with E-state index in [9.17, 15) is 0 Å². The molecule has 162 valence electrons. The second kappa shape index (κ2) is 10.2. The first-order valence-electron chi connectivity index (χ1n) is 12.7. The molecule has 0 N–H and O–H groups in total. The lowest BCUT2D eigenvalue weighted by molar-refractivity contribution is 0.195. The van der Waals surface area contributed by atoms with E-state index in [-0.39, 0.29) is 0 Å². The van der Waals surface area contributed by atoms with Crippen molar-refractivity contribution >= 4 is 0 Å². The van der Waals surface area contributed by atoms with Gasteiger partial charge in [-0.05, 0) is 97.4 Å². The van der Waals surface area contributed by atoms with Crippen LogP contribution >= 0.6 is 0 Å². The van der Waals surface area contributed by atoms with Crippen LogP contribution < -0.4 is 0 Å². The van der Waals surface area contributed by atoms with Crippen molar-refractivity contribution in [1.29, 1.82) is 0 Å². The molecule has 0 unspecified atom stereocenters. The van der Waals surface area contributed by atoms with Crippen LogP contribution in [0.15, 0.2) is 42.5 Å². The van der Waals surface area contributed by atoms with Gasteiger partial charge in [-0.3, -0.25) is 0 Å². The molecule has 0 nitrogen and oxygen atoms in total. The summed E-state index contributed by atoms with van der Waals surface area (Å²) in [4.78, 5) is 0. The maximum Gasteiger partial charge on any atom is -0.00230 e. The Morgan fingerprint density at radius 3 is 1.83 bits per heavy atom. The van der Waals surface area contributed by atoms with Crippen molar-refractivity contribution in [2.75, 3.05) is 0 Å². The summed E-state index contributed by atoms with van der Waals surface area (Å²) in [5.41, 5.74) is 7.57. The lowest BCUT2D eigenvalue weighted by atomic mass is 9.72. The van der Waals surface area contributed by atoms with Crippen LogP contribution in [0.5, 0.6) is 0 Å². The minimum absolute atomic E-state index is 0.908. The Kier molecular flexibility index (Phi) is 7.34. The predicted octanol–water partition coefficient (Wildman–Crippen LogP) is 8.46. The summed E-state index contributed by atoms with van der Waals surface area (Å²) < 4.78 is 0. The Balaban J connectivity index is 1.29. The lowest BCUT2D eigenvalue weighted by Crippen LogP contribution is -2.21. The maximum absolute atomic E-state index is 2.44. The average molecular weight is 403 g/mol. The fourth-order valence-electron chi connectivity index (χ4n) is 6.18. The van der Waals surface area contributed by atoms with E-state index in [4.69, 9.17) is 0 Å². The van der Waals surface area contributed by atoms with Gasteiger partial charge in [-0.25, -0.2) is 0 Å². The minimum atomic E-state index is 0.908. The third-order valence-electron chi connectivity index (χ3n) is 8.53. The Morgan fingerprint density at radius 1 is 0.633 bits per heavy atom. The van der Waals surface area contributed by atoms with E-state index < -0.39 is 0 Å². The first-order valence-corrected chi connectivity index (χ1v) is 12.7. The molecule has 2 fully saturated rings. The van der Waals surface area contributed by atoms with Crippen molar-refractivity contribution in [1.82, 2.24) is 0 Å². The van der Waals surface area contributed by atoms with Gasteiger partial charge in [-0.1, -0.05) is 87.9 Å². The van der Waals surface area contributed by atoms with Crippen molar-refractivity contribution in [2.24, 2.45) is 23.7 Å². The van der Waals surface area contributed by atoms with Crippen LogP contribution in [0.3, 0.4) is 0 Å². The van der Waals surface area contributed by atoms with Gasteiger partial charge in [0.05, 0.1) is 0 Å². The molecule has 0 aliphatic heterocycles. The third-order valence-corrected chi connectivity index (χ3v) is 8.53. The number of hydrogen-bond acceptors (Lipinski definition) is 0. The molecule has 0 radical (unpaired) electrons. The molecular formula is C30H42. The Labute approximate surface area is 185 Å². The molecule has 30 heavy (non-hydrogen) atoms. The largest absolute Gasteiger partial charge is 0.0625 e. The molecule has 2 aromatic carbocycles. The van der Waals surface area contributed by atoms with E-state index in [1.165, 1.54) is 80.9 Å². The highest BCUT2D eigenvalue weighted by atomic mass is 14.3. The molecule has 0 saturated heterocycles. The van der Waals surface area contributed by atoms with Crippen molar-refractivity contribution in [2.45, 2.75) is 91.4 Å². The zero-order valence-electron chi connectivity index (χ0n) is 19.6. The molecule has 0 aromatic heterocycles. The van der Waals surface area contributed by atoms with E-state index in [1.54, 1.807) is 11.1 Å². The zero-order valence-corrected chi connectivity index (χ0v) is 19.6. The molecule has 0 spiro atoms. The van der Waals surface area contributed by atoms with E-state index in [0.717, 1.165) is 30.1 Å². The van der Waals surface area contributed by atoms with Crippen LogP contribution in [-0.2, 0) is 12.8 Å². The van der Waals surface area contributed by atoms with Gasteiger partial charge in [0.1, 0.15) is 0 Å². The molecule has 0 heteroatoms. The Hall–Kier alpha value is -1.56. The maximum atomic E-state index is 2.44. The van der Waals surface area contributed by atoms with Crippen LogP contribution in [0, 0.1) is 37.5 Å². The number of benzene rings is 2. The molecule has 2 aliphatic carbocycles. The third kappa shape index (κ3) is 5.57. The van der Waals surface area contributed by atoms with Gasteiger partial charge in [-0.15, -0.1) is 0 Å². The molecule has 0 amide bonds. The van der Waals surface area contributed by atoms with Crippen molar-refractivity contribution in [3.05, 3.63) is 70.3 Å². The highest BCUT2D eigenvalue weighted by Crippen LogP contribution is 2.39. The van der Waals surface area contributed by atoms with Crippen LogP contribution in [0.2, 0.25) is 0 Å². The van der Waals surface area contributed by atoms with E-state index in [1.807, 2.05) is 0 Å². The normalized spacial score (nSPS) is 27.2. The fraction of sp³-hybridized carbons (Fsp3) is 0.600. The highest BCUT2D eigenvalue weighted by molar-refractivity contribution is 5.42. The molecule has 0 heterocycles. The number of rotatable bonds is 6. The van der Waals surface area contributed by atoms with Gasteiger partial charge in [0.15, 0.2) is 0 Å². The summed E-state index contributed by atoms with van der Waals surface area (Å²) in [6.45, 7) is 7.13. The SMILES string of the molecule is Cc1c(Cc2ccccc2)ccc(CC2CCC(CC3CCC(C)CC3)CC2)c1C. The summed E-state index contributed by atoms with van der Waals surface area (Å²) in [5.74, 6) is 3.97. The van der Waals surface area contributed by atoms with E-state index in [2.05, 4.69) is 63.2 Å². The monoisotopic (exact) mass is 402 g/mol. The molecule has 2 aromatic rings. The van der Waals surface area contributed by atoms with E-state index >= 15 is 0 Å². The standard InChI is InChI=1S/C30H42/c1-22-9-11-26(12-10-22)19-27-13-15-28(16-14-27)21-30-18-17-29(23(2)24(30)3)20-25-7-5-4-6-8-25/h4-8,17-18,22,26-28H,9-16,19-21H2,1-3H3. The number of hydrogen-bond donors (Lipinski definition) is 0. The van der Waals surface area contributed by atoms with E-state index in [0.29, 0.717) is 0 Å². The molecule has 4 rings (SSSR count).